The molecule has 43 heavy (non-hydrogen) atoms. The van der Waals surface area contributed by atoms with Crippen molar-refractivity contribution in [1.29, 1.82) is 0 Å². The van der Waals surface area contributed by atoms with Gasteiger partial charge in [0.15, 0.2) is 0 Å². The highest BCUT2D eigenvalue weighted by Gasteiger charge is 2.54. The molecule has 2 aliphatic heterocycles. The number of nitrogens with zero attached hydrogens (tertiary/aromatic N) is 3. The lowest BCUT2D eigenvalue weighted by Gasteiger charge is -2.26. The molecule has 2 rings (SSSR count). The molecule has 14 heteroatoms. The second-order valence-corrected chi connectivity index (χ2v) is 14.5. The molecule has 0 aromatic heterocycles. The van der Waals surface area contributed by atoms with Gasteiger partial charge in [-0.1, -0.05) is 6.08 Å². The molecule has 13 nitrogen and oxygen atoms in total. The second kappa shape index (κ2) is 23.7. The van der Waals surface area contributed by atoms with Gasteiger partial charge in [0.2, 0.25) is 0 Å². The maximum absolute atomic E-state index is 10.6. The molecule has 2 atom stereocenters. The van der Waals surface area contributed by atoms with Crippen molar-refractivity contribution < 1.29 is 32.6 Å². The number of rotatable bonds is 30. The van der Waals surface area contributed by atoms with E-state index in [0.717, 1.165) is 77.9 Å². The number of hydrogen-bond donors (Lipinski definition) is 4. The van der Waals surface area contributed by atoms with Crippen molar-refractivity contribution >= 4 is 8.80 Å². The van der Waals surface area contributed by atoms with Crippen LogP contribution in [0, 0.1) is 0 Å². The van der Waals surface area contributed by atoms with Crippen LogP contribution in [0.15, 0.2) is 12.7 Å². The minimum atomic E-state index is -2.40. The smallest absolute Gasteiger partial charge is 0.389 e. The Morgan fingerprint density at radius 3 is 2.30 bits per heavy atom. The molecule has 2 bridgehead atoms. The van der Waals surface area contributed by atoms with Crippen molar-refractivity contribution in [3.63, 3.8) is 0 Å². The van der Waals surface area contributed by atoms with Gasteiger partial charge in [-0.2, -0.15) is 0 Å². The summed E-state index contributed by atoms with van der Waals surface area (Å²) in [5, 5.41) is 21.0. The third kappa shape index (κ3) is 18.9. The zero-order valence-electron chi connectivity index (χ0n) is 27.4. The molecular formula is C29H62N6O7Si. The summed E-state index contributed by atoms with van der Waals surface area (Å²) in [6.45, 7) is 16.9. The van der Waals surface area contributed by atoms with Crippen LogP contribution >= 0.6 is 0 Å². The first-order valence-electron chi connectivity index (χ1n) is 16.0. The molecule has 0 radical (unpaired) electrons. The third-order valence-corrected chi connectivity index (χ3v) is 9.97. The van der Waals surface area contributed by atoms with Gasteiger partial charge in [-0.3, -0.25) is 4.90 Å². The van der Waals surface area contributed by atoms with Crippen molar-refractivity contribution in [3.8, 4) is 0 Å². The number of aliphatic hydroxyl groups is 1. The van der Waals surface area contributed by atoms with Crippen LogP contribution in [0.1, 0.15) is 6.42 Å². The molecule has 0 spiro atoms. The standard InChI is InChI=1S/C29H62N6O7Si/c1-6-17-37-24-28(21-32-9-8-30-10-13-33(2)3)39-19-12-31-11-14-35(16-15-34(4)5)22-27(36)23-38-18-7-20-43-40-25-29(42-43)26-41-43/h6,27-32,36H,1,7-26H2,2-5H3. The Morgan fingerprint density at radius 1 is 0.884 bits per heavy atom. The molecule has 0 aromatic carbocycles. The summed E-state index contributed by atoms with van der Waals surface area (Å²) in [6, 6.07) is 0.776. The zero-order valence-corrected chi connectivity index (χ0v) is 28.4. The van der Waals surface area contributed by atoms with Crippen LogP contribution in [-0.2, 0) is 27.5 Å². The predicted molar refractivity (Wildman–Crippen MR) is 172 cm³/mol. The number of nitrogens with one attached hydrogen (secondary N) is 3. The fourth-order valence-electron chi connectivity index (χ4n) is 4.70. The summed E-state index contributed by atoms with van der Waals surface area (Å²) in [4.78, 5) is 6.61. The van der Waals surface area contributed by atoms with Crippen molar-refractivity contribution in [2.75, 3.05) is 146 Å². The van der Waals surface area contributed by atoms with Gasteiger partial charge in [0, 0.05) is 84.6 Å². The van der Waals surface area contributed by atoms with Crippen LogP contribution in [0.25, 0.3) is 0 Å². The van der Waals surface area contributed by atoms with Gasteiger partial charge in [-0.15, -0.1) is 6.58 Å². The summed E-state index contributed by atoms with van der Waals surface area (Å²) in [5.74, 6) is 0. The van der Waals surface area contributed by atoms with E-state index in [1.807, 2.05) is 0 Å². The van der Waals surface area contributed by atoms with E-state index in [0.29, 0.717) is 52.8 Å². The predicted octanol–water partition coefficient (Wildman–Crippen LogP) is -1.08. The summed E-state index contributed by atoms with van der Waals surface area (Å²) >= 11 is 0. The quantitative estimate of drug-likeness (QED) is 0.0436. The Kier molecular flexibility index (Phi) is 21.3. The van der Waals surface area contributed by atoms with E-state index < -0.39 is 14.9 Å². The normalized spacial score (nSPS) is 21.4. The molecule has 2 unspecified atom stereocenters. The van der Waals surface area contributed by atoms with Gasteiger partial charge in [0.25, 0.3) is 0 Å². The van der Waals surface area contributed by atoms with Gasteiger partial charge >= 0.3 is 8.80 Å². The molecule has 0 saturated carbocycles. The number of hydrogen-bond acceptors (Lipinski definition) is 13. The minimum absolute atomic E-state index is 0.0157. The maximum atomic E-state index is 10.6. The highest BCUT2D eigenvalue weighted by atomic mass is 28.4. The molecule has 2 heterocycles. The van der Waals surface area contributed by atoms with Gasteiger partial charge < -0.3 is 58.3 Å². The van der Waals surface area contributed by atoms with Crippen molar-refractivity contribution in [2.24, 2.45) is 0 Å². The Bertz CT molecular complexity index is 692. The molecule has 0 amide bonds. The molecule has 0 aromatic rings. The van der Waals surface area contributed by atoms with Crippen LogP contribution in [-0.4, -0.2) is 193 Å². The first-order valence-corrected chi connectivity index (χ1v) is 17.9. The summed E-state index contributed by atoms with van der Waals surface area (Å²) in [7, 11) is 5.89. The molecular weight excluding hydrogens is 572 g/mol. The van der Waals surface area contributed by atoms with E-state index in [9.17, 15) is 5.11 Å². The lowest BCUT2D eigenvalue weighted by Crippen LogP contribution is -2.42. The Hall–Kier alpha value is -0.563. The van der Waals surface area contributed by atoms with E-state index in [1.165, 1.54) is 0 Å². The minimum Gasteiger partial charge on any atom is -0.389 e. The van der Waals surface area contributed by atoms with Crippen LogP contribution in [0.3, 0.4) is 0 Å². The van der Waals surface area contributed by atoms with Crippen LogP contribution in [0.5, 0.6) is 0 Å². The fourth-order valence-corrected chi connectivity index (χ4v) is 7.42. The number of ether oxygens (including phenoxy) is 3. The maximum Gasteiger partial charge on any atom is 0.501 e. The first-order chi connectivity index (χ1) is 20.8. The molecule has 2 saturated heterocycles. The van der Waals surface area contributed by atoms with Crippen LogP contribution in [0.4, 0.5) is 0 Å². The Labute approximate surface area is 261 Å². The van der Waals surface area contributed by atoms with Crippen molar-refractivity contribution in [2.45, 2.75) is 30.8 Å². The van der Waals surface area contributed by atoms with Crippen LogP contribution < -0.4 is 16.0 Å². The third-order valence-electron chi connectivity index (χ3n) is 7.10. The van der Waals surface area contributed by atoms with Gasteiger partial charge in [-0.05, 0) is 34.6 Å². The topological polar surface area (TPSA) is 121 Å². The second-order valence-electron chi connectivity index (χ2n) is 11.8. The van der Waals surface area contributed by atoms with E-state index >= 15 is 0 Å². The summed E-state index contributed by atoms with van der Waals surface area (Å²) < 4.78 is 34.9. The highest BCUT2D eigenvalue weighted by molar-refractivity contribution is 6.61. The lowest BCUT2D eigenvalue weighted by molar-refractivity contribution is -0.00771. The van der Waals surface area contributed by atoms with Crippen LogP contribution in [0.2, 0.25) is 6.04 Å². The lowest BCUT2D eigenvalue weighted by atomic mass is 10.3. The van der Waals surface area contributed by atoms with E-state index in [4.69, 9.17) is 27.5 Å². The average Bonchev–Trinajstić information content (AvgIpc) is 3.57. The number of fused-ring (bicyclic) bond motifs is 2. The van der Waals surface area contributed by atoms with E-state index in [2.05, 4.69) is 65.4 Å². The monoisotopic (exact) mass is 634 g/mol. The highest BCUT2D eigenvalue weighted by Crippen LogP contribution is 2.32. The number of aliphatic hydroxyl groups excluding tert-OH is 1. The molecule has 254 valence electrons. The molecule has 2 fully saturated rings. The van der Waals surface area contributed by atoms with Gasteiger partial charge in [-0.25, -0.2) is 0 Å². The van der Waals surface area contributed by atoms with Gasteiger partial charge in [0.05, 0.1) is 58.0 Å². The summed E-state index contributed by atoms with van der Waals surface area (Å²) in [5.41, 5.74) is 0. The molecule has 4 N–H and O–H groups in total. The van der Waals surface area contributed by atoms with E-state index in [1.54, 1.807) is 6.08 Å². The first kappa shape index (κ1) is 38.6. The zero-order chi connectivity index (χ0) is 31.2. The van der Waals surface area contributed by atoms with E-state index in [-0.39, 0.29) is 12.2 Å². The average molecular weight is 635 g/mol. The summed E-state index contributed by atoms with van der Waals surface area (Å²) in [6.07, 6.45) is 2.14. The van der Waals surface area contributed by atoms with Gasteiger partial charge in [0.1, 0.15) is 0 Å². The van der Waals surface area contributed by atoms with Crippen molar-refractivity contribution in [1.82, 2.24) is 30.7 Å². The Balaban J connectivity index is 1.57. The van der Waals surface area contributed by atoms with Crippen molar-refractivity contribution in [3.05, 3.63) is 12.7 Å². The SMILES string of the molecule is C=CCOCC(CNCCNCCN(C)C)OCCNCCN(CCN(C)C)CC(O)COCCC[Si]12OCC(CO1)O2. The molecule has 2 aliphatic rings. The largest absolute Gasteiger partial charge is 0.501 e. The molecule has 0 aliphatic carbocycles. The number of likely N-dealkylation sites (N-methyl/N-ethyl adjacent to an activating group) is 2. The Morgan fingerprint density at radius 2 is 1.60 bits per heavy atom. The fraction of sp³-hybridized carbons (Fsp3) is 0.931.